The number of hydrogen-bond acceptors (Lipinski definition) is 9. The van der Waals surface area contributed by atoms with Crippen LogP contribution in [0, 0.1) is 5.92 Å². The molecule has 0 bridgehead atoms. The number of hydrogen-bond donors (Lipinski definition) is 2. The molecule has 5 atom stereocenters. The molecule has 2 aliphatic heterocycles. The van der Waals surface area contributed by atoms with Gasteiger partial charge in [-0.1, -0.05) is 51.1 Å². The van der Waals surface area contributed by atoms with Gasteiger partial charge in [0.15, 0.2) is 11.6 Å². The predicted octanol–water partition coefficient (Wildman–Crippen LogP) is 5.75. The van der Waals surface area contributed by atoms with Gasteiger partial charge < -0.3 is 34.6 Å². The molecule has 1 saturated heterocycles. The van der Waals surface area contributed by atoms with E-state index >= 15 is 0 Å². The molecule has 0 spiro atoms. The second-order valence-electron chi connectivity index (χ2n) is 11.6. The van der Waals surface area contributed by atoms with Gasteiger partial charge >= 0.3 is 0 Å². The summed E-state index contributed by atoms with van der Waals surface area (Å²) in [6.07, 6.45) is 8.16. The Labute approximate surface area is 257 Å². The fourth-order valence-electron chi connectivity index (χ4n) is 5.84. The molecule has 232 valence electrons. The van der Waals surface area contributed by atoms with E-state index in [0.29, 0.717) is 36.4 Å². The van der Waals surface area contributed by atoms with E-state index in [2.05, 4.69) is 63.4 Å². The maximum Gasteiger partial charge on any atom is 0.256 e. The minimum absolute atomic E-state index is 0.160. The van der Waals surface area contributed by atoms with E-state index in [1.54, 1.807) is 6.33 Å². The minimum Gasteiger partial charge on any atom is -0.471 e. The van der Waals surface area contributed by atoms with Crippen molar-refractivity contribution in [2.24, 2.45) is 5.92 Å². The molecule has 1 saturated carbocycles. The summed E-state index contributed by atoms with van der Waals surface area (Å²) in [7, 11) is 2.11. The molecule has 5 rings (SSSR count). The van der Waals surface area contributed by atoms with Gasteiger partial charge in [0, 0.05) is 19.7 Å². The predicted molar refractivity (Wildman–Crippen MR) is 174 cm³/mol. The van der Waals surface area contributed by atoms with Crippen LogP contribution in [0.2, 0.25) is 0 Å². The van der Waals surface area contributed by atoms with Gasteiger partial charge in [0.1, 0.15) is 12.0 Å². The molecular formula is C32H50N6O3S. The summed E-state index contributed by atoms with van der Waals surface area (Å²) in [5.74, 6) is 2.29. The Bertz CT molecular complexity index is 1100. The van der Waals surface area contributed by atoms with Crippen molar-refractivity contribution in [1.82, 2.24) is 15.3 Å². The van der Waals surface area contributed by atoms with E-state index in [0.717, 1.165) is 75.7 Å². The number of nitrogens with one attached hydrogen (secondary N) is 2. The molecule has 10 heteroatoms. The van der Waals surface area contributed by atoms with E-state index in [9.17, 15) is 0 Å². The highest BCUT2D eigenvalue weighted by molar-refractivity contribution is 7.80. The van der Waals surface area contributed by atoms with Gasteiger partial charge in [0.2, 0.25) is 0 Å². The highest BCUT2D eigenvalue weighted by Crippen LogP contribution is 2.40. The van der Waals surface area contributed by atoms with Gasteiger partial charge in [-0.25, -0.2) is 9.97 Å². The summed E-state index contributed by atoms with van der Waals surface area (Å²) in [5, 5.41) is 7.47. The van der Waals surface area contributed by atoms with E-state index < -0.39 is 0 Å². The van der Waals surface area contributed by atoms with Gasteiger partial charge in [-0.2, -0.15) is 0 Å². The van der Waals surface area contributed by atoms with E-state index in [-0.39, 0.29) is 12.1 Å². The van der Waals surface area contributed by atoms with Gasteiger partial charge in [-0.15, -0.1) is 0 Å². The maximum atomic E-state index is 6.21. The van der Waals surface area contributed by atoms with Crippen molar-refractivity contribution in [3.63, 3.8) is 0 Å². The molecule has 2 fully saturated rings. The zero-order valence-electron chi connectivity index (χ0n) is 26.1. The highest BCUT2D eigenvalue weighted by Gasteiger charge is 2.33. The summed E-state index contributed by atoms with van der Waals surface area (Å²) in [6.45, 7) is 12.1. The smallest absolute Gasteiger partial charge is 0.256 e. The van der Waals surface area contributed by atoms with Gasteiger partial charge in [0.25, 0.3) is 5.17 Å². The van der Waals surface area contributed by atoms with Gasteiger partial charge in [-0.05, 0) is 69.1 Å². The number of ether oxygens (including phenoxy) is 3. The molecule has 2 N–H and O–H groups in total. The van der Waals surface area contributed by atoms with E-state index in [1.807, 2.05) is 32.0 Å². The van der Waals surface area contributed by atoms with Crippen LogP contribution in [-0.2, 0) is 20.8 Å². The summed E-state index contributed by atoms with van der Waals surface area (Å²) in [4.78, 5) is 13.8. The first-order valence-electron chi connectivity index (χ1n) is 15.7. The normalized spacial score (nSPS) is 22.6. The number of anilines is 3. The molecule has 42 heavy (non-hydrogen) atoms. The van der Waals surface area contributed by atoms with Crippen LogP contribution in [0.25, 0.3) is 0 Å². The minimum atomic E-state index is 0.160. The van der Waals surface area contributed by atoms with Crippen molar-refractivity contribution in [3.8, 4) is 0 Å². The molecule has 0 radical (unpaired) electrons. The molecule has 9 nitrogen and oxygen atoms in total. The Balaban J connectivity index is 0.00000198. The molecule has 0 amide bonds. The molecular weight excluding hydrogens is 548 g/mol. The van der Waals surface area contributed by atoms with Crippen LogP contribution >= 0.6 is 12.2 Å². The van der Waals surface area contributed by atoms with Crippen molar-refractivity contribution in [1.29, 1.82) is 0 Å². The number of nitrogens with zero attached hydrogens (tertiary/aromatic N) is 4. The Morgan fingerprint density at radius 2 is 1.93 bits per heavy atom. The maximum absolute atomic E-state index is 6.21. The lowest BCUT2D eigenvalue weighted by atomic mass is 10.0. The van der Waals surface area contributed by atoms with Crippen LogP contribution in [-0.4, -0.2) is 72.9 Å². The zero-order valence-corrected chi connectivity index (χ0v) is 26.9. The Hall–Kier alpha value is -2.69. The van der Waals surface area contributed by atoms with Crippen molar-refractivity contribution < 1.29 is 14.2 Å². The average Bonchev–Trinajstić information content (AvgIpc) is 3.77. The number of rotatable bonds is 12. The summed E-state index contributed by atoms with van der Waals surface area (Å²) < 4.78 is 17.7. The van der Waals surface area contributed by atoms with Crippen molar-refractivity contribution in [2.45, 2.75) is 97.1 Å². The third-order valence-electron chi connectivity index (χ3n) is 8.26. The quantitative estimate of drug-likeness (QED) is 0.295. The Morgan fingerprint density at radius 3 is 2.69 bits per heavy atom. The van der Waals surface area contributed by atoms with Crippen LogP contribution in [0.3, 0.4) is 0 Å². The first-order valence-corrected chi connectivity index (χ1v) is 16.1. The van der Waals surface area contributed by atoms with Gasteiger partial charge in [-0.3, -0.25) is 0 Å². The Morgan fingerprint density at radius 1 is 1.12 bits per heavy atom. The van der Waals surface area contributed by atoms with Crippen LogP contribution in [0.5, 0.6) is 0 Å². The highest BCUT2D eigenvalue weighted by atomic mass is 32.1. The molecule has 2 aromatic rings. The lowest BCUT2D eigenvalue weighted by molar-refractivity contribution is 0.0304. The molecule has 3 heterocycles. The third-order valence-corrected chi connectivity index (χ3v) is 8.50. The standard InChI is InChI=1S/C30H44N6O3S.C2H6/c1-21(16-39-30(40)34-25-10-7-11-26(25)38-17-23-8-5-4-6-9-23)12-13-22(2)36-20-35(3)27-28(31-19-32-29(27)36)33-24-14-15-37-18-24;1-2/h4-6,8-9,19,21-22,24-26H,7,10-18,20H2,1-3H3,(H,34,40)(H,31,32,33);1-2H3/t21-,22?,24+,25-,26-;/m0./s1. The zero-order chi connectivity index (χ0) is 29.9. The largest absolute Gasteiger partial charge is 0.471 e. The van der Waals surface area contributed by atoms with Crippen LogP contribution in [0.4, 0.5) is 17.3 Å². The fourth-order valence-corrected chi connectivity index (χ4v) is 6.06. The number of thiocarbonyl (C=S) groups is 1. The molecule has 1 aromatic heterocycles. The first-order chi connectivity index (χ1) is 20.5. The molecule has 1 aliphatic carbocycles. The SMILES string of the molecule is CC.CC(CC[C@H](C)COC(=S)N[C@H]1CCC[C@@H]1OCc1ccccc1)N1CN(C)c2c(N[C@@H]3CCOC3)ncnc21. The van der Waals surface area contributed by atoms with E-state index in [4.69, 9.17) is 26.4 Å². The van der Waals surface area contributed by atoms with Crippen molar-refractivity contribution >= 4 is 34.7 Å². The summed E-state index contributed by atoms with van der Waals surface area (Å²) in [6, 6.07) is 11.2. The summed E-state index contributed by atoms with van der Waals surface area (Å²) >= 11 is 5.55. The number of benzene rings is 1. The lowest BCUT2D eigenvalue weighted by Crippen LogP contribution is -2.41. The topological polar surface area (TPSA) is 84.0 Å². The second-order valence-corrected chi connectivity index (χ2v) is 11.9. The molecule has 1 aromatic carbocycles. The average molecular weight is 599 g/mol. The van der Waals surface area contributed by atoms with Crippen LogP contribution < -0.4 is 20.4 Å². The third kappa shape index (κ3) is 8.67. The lowest BCUT2D eigenvalue weighted by Gasteiger charge is -2.27. The van der Waals surface area contributed by atoms with Crippen molar-refractivity contribution in [2.75, 3.05) is 48.7 Å². The fraction of sp³-hybridized carbons (Fsp3) is 0.656. The van der Waals surface area contributed by atoms with E-state index in [1.165, 1.54) is 5.56 Å². The number of fused-ring (bicyclic) bond motifs is 1. The first kappa shape index (κ1) is 32.2. The molecule has 3 aliphatic rings. The Kier molecular flexibility index (Phi) is 12.5. The van der Waals surface area contributed by atoms with Crippen LogP contribution in [0.1, 0.15) is 71.8 Å². The van der Waals surface area contributed by atoms with Gasteiger partial charge in [0.05, 0.1) is 44.7 Å². The number of aromatic nitrogens is 2. The monoisotopic (exact) mass is 598 g/mol. The van der Waals surface area contributed by atoms with Crippen LogP contribution in [0.15, 0.2) is 36.7 Å². The van der Waals surface area contributed by atoms with Crippen molar-refractivity contribution in [3.05, 3.63) is 42.2 Å². The second kappa shape index (κ2) is 16.2. The summed E-state index contributed by atoms with van der Waals surface area (Å²) in [5.41, 5.74) is 2.27. The molecule has 1 unspecified atom stereocenters.